The van der Waals surface area contributed by atoms with Crippen LogP contribution >= 0.6 is 11.3 Å². The number of aryl methyl sites for hydroxylation is 1. The average Bonchev–Trinajstić information content (AvgIpc) is 3.27. The lowest BCUT2D eigenvalue weighted by Crippen LogP contribution is -2.25. The van der Waals surface area contributed by atoms with Crippen LogP contribution in [0.5, 0.6) is 0 Å². The summed E-state index contributed by atoms with van der Waals surface area (Å²) in [6.07, 6.45) is 2.00. The summed E-state index contributed by atoms with van der Waals surface area (Å²) < 4.78 is 26.4. The van der Waals surface area contributed by atoms with Gasteiger partial charge in [-0.1, -0.05) is 6.07 Å². The van der Waals surface area contributed by atoms with Crippen LogP contribution in [0.15, 0.2) is 18.2 Å². The molecule has 0 bridgehead atoms. The van der Waals surface area contributed by atoms with Gasteiger partial charge in [0.2, 0.25) is 5.91 Å². The number of amides is 2. The molecule has 5 nitrogen and oxygen atoms in total. The van der Waals surface area contributed by atoms with Gasteiger partial charge in [-0.2, -0.15) is 0 Å². The van der Waals surface area contributed by atoms with E-state index < -0.39 is 11.6 Å². The normalized spacial score (nSPS) is 13.6. The average molecular weight is 365 g/mol. The number of carbonyl (C=O) groups is 2. The van der Waals surface area contributed by atoms with Gasteiger partial charge in [-0.25, -0.2) is 13.8 Å². The van der Waals surface area contributed by atoms with E-state index in [0.717, 1.165) is 25.0 Å². The molecule has 2 amide bonds. The fourth-order valence-electron chi connectivity index (χ4n) is 2.28. The lowest BCUT2D eigenvalue weighted by molar-refractivity contribution is -0.120. The Morgan fingerprint density at radius 2 is 2.08 bits per heavy atom. The van der Waals surface area contributed by atoms with E-state index in [9.17, 15) is 18.4 Å². The van der Waals surface area contributed by atoms with E-state index in [2.05, 4.69) is 15.6 Å². The maximum atomic E-state index is 13.5. The number of halogens is 2. The van der Waals surface area contributed by atoms with Crippen LogP contribution in [0.2, 0.25) is 0 Å². The lowest BCUT2D eigenvalue weighted by atomic mass is 10.2. The summed E-state index contributed by atoms with van der Waals surface area (Å²) >= 11 is 1.18. The molecule has 0 saturated heterocycles. The molecule has 0 radical (unpaired) electrons. The van der Waals surface area contributed by atoms with E-state index in [0.29, 0.717) is 15.6 Å². The van der Waals surface area contributed by atoms with E-state index in [1.54, 1.807) is 6.92 Å². The standard InChI is InChI=1S/C17H17F2N3O2S/c1-9-16(17(24)22-12-4-5-12)25-15(21-9)7-14(23)20-8-10-2-3-11(18)6-13(10)19/h2-3,6,12H,4-5,7-8H2,1H3,(H,20,23)(H,22,24). The third-order valence-corrected chi connectivity index (χ3v) is 4.92. The molecule has 1 aromatic carbocycles. The summed E-state index contributed by atoms with van der Waals surface area (Å²) in [5.41, 5.74) is 0.796. The summed E-state index contributed by atoms with van der Waals surface area (Å²) in [5, 5.41) is 5.99. The monoisotopic (exact) mass is 365 g/mol. The minimum Gasteiger partial charge on any atom is -0.352 e. The van der Waals surface area contributed by atoms with Gasteiger partial charge in [0, 0.05) is 24.2 Å². The van der Waals surface area contributed by atoms with Crippen molar-refractivity contribution in [1.29, 1.82) is 0 Å². The minimum atomic E-state index is -0.704. The van der Waals surface area contributed by atoms with Crippen molar-refractivity contribution in [2.24, 2.45) is 0 Å². The van der Waals surface area contributed by atoms with Gasteiger partial charge >= 0.3 is 0 Å². The first-order valence-corrected chi connectivity index (χ1v) is 8.72. The Hall–Kier alpha value is -2.35. The highest BCUT2D eigenvalue weighted by Gasteiger charge is 2.26. The van der Waals surface area contributed by atoms with E-state index >= 15 is 0 Å². The molecule has 0 aliphatic heterocycles. The molecular formula is C17H17F2N3O2S. The second-order valence-corrected chi connectivity index (χ2v) is 7.04. The Bertz CT molecular complexity index is 818. The number of benzene rings is 1. The molecule has 2 aromatic rings. The largest absolute Gasteiger partial charge is 0.352 e. The van der Waals surface area contributed by atoms with Gasteiger partial charge in [0.25, 0.3) is 5.91 Å². The van der Waals surface area contributed by atoms with Gasteiger partial charge in [-0.3, -0.25) is 9.59 Å². The zero-order valence-electron chi connectivity index (χ0n) is 13.6. The van der Waals surface area contributed by atoms with Gasteiger partial charge in [0.15, 0.2) is 0 Å². The number of nitrogens with one attached hydrogen (secondary N) is 2. The Labute approximate surface area is 147 Å². The highest BCUT2D eigenvalue weighted by Crippen LogP contribution is 2.23. The van der Waals surface area contributed by atoms with Crippen molar-refractivity contribution in [2.75, 3.05) is 0 Å². The number of carbonyl (C=O) groups excluding carboxylic acids is 2. The van der Waals surface area contributed by atoms with Crippen molar-refractivity contribution in [3.8, 4) is 0 Å². The molecule has 0 spiro atoms. The molecule has 1 saturated carbocycles. The highest BCUT2D eigenvalue weighted by atomic mass is 32.1. The number of hydrogen-bond donors (Lipinski definition) is 2. The van der Waals surface area contributed by atoms with Crippen LogP contribution in [0.1, 0.15) is 38.8 Å². The fraction of sp³-hybridized carbons (Fsp3) is 0.353. The minimum absolute atomic E-state index is 0.00499. The summed E-state index contributed by atoms with van der Waals surface area (Å²) in [4.78, 5) is 28.8. The van der Waals surface area contributed by atoms with E-state index in [4.69, 9.17) is 0 Å². The van der Waals surface area contributed by atoms with Gasteiger partial charge in [0.1, 0.15) is 21.5 Å². The zero-order chi connectivity index (χ0) is 18.0. The summed E-state index contributed by atoms with van der Waals surface area (Å²) in [6, 6.07) is 3.46. The predicted octanol–water partition coefficient (Wildman–Crippen LogP) is 2.48. The summed E-state index contributed by atoms with van der Waals surface area (Å²) in [6.45, 7) is 1.69. The van der Waals surface area contributed by atoms with Gasteiger partial charge in [0.05, 0.1) is 12.1 Å². The van der Waals surface area contributed by atoms with Crippen LogP contribution in [-0.2, 0) is 17.8 Å². The second-order valence-electron chi connectivity index (χ2n) is 5.96. The molecule has 0 atom stereocenters. The highest BCUT2D eigenvalue weighted by molar-refractivity contribution is 7.13. The lowest BCUT2D eigenvalue weighted by Gasteiger charge is -2.05. The molecule has 25 heavy (non-hydrogen) atoms. The molecule has 1 aliphatic rings. The maximum absolute atomic E-state index is 13.5. The van der Waals surface area contributed by atoms with Crippen LogP contribution in [0, 0.1) is 18.6 Å². The number of thiazole rings is 1. The SMILES string of the molecule is Cc1nc(CC(=O)NCc2ccc(F)cc2F)sc1C(=O)NC1CC1. The van der Waals surface area contributed by atoms with Gasteiger partial charge in [-0.15, -0.1) is 11.3 Å². The number of aromatic nitrogens is 1. The summed E-state index contributed by atoms with van der Waals surface area (Å²) in [5.74, 6) is -1.86. The number of nitrogens with zero attached hydrogens (tertiary/aromatic N) is 1. The molecule has 1 heterocycles. The first kappa shape index (κ1) is 17.5. The third-order valence-electron chi connectivity index (χ3n) is 3.76. The van der Waals surface area contributed by atoms with E-state index in [1.165, 1.54) is 17.4 Å². The van der Waals surface area contributed by atoms with Crippen molar-refractivity contribution >= 4 is 23.2 Å². The van der Waals surface area contributed by atoms with Crippen molar-refractivity contribution in [3.05, 3.63) is 51.0 Å². The smallest absolute Gasteiger partial charge is 0.263 e. The molecule has 8 heteroatoms. The Morgan fingerprint density at radius 1 is 1.32 bits per heavy atom. The van der Waals surface area contributed by atoms with Crippen LogP contribution in [0.3, 0.4) is 0 Å². The first-order chi connectivity index (χ1) is 11.9. The van der Waals surface area contributed by atoms with Crippen molar-refractivity contribution < 1.29 is 18.4 Å². The van der Waals surface area contributed by atoms with E-state index in [1.807, 2.05) is 0 Å². The Morgan fingerprint density at radius 3 is 2.76 bits per heavy atom. The van der Waals surface area contributed by atoms with Crippen LogP contribution in [0.4, 0.5) is 8.78 Å². The molecule has 2 N–H and O–H groups in total. The molecule has 3 rings (SSSR count). The molecule has 132 valence electrons. The molecule has 1 aromatic heterocycles. The Kier molecular flexibility index (Phi) is 5.08. The van der Waals surface area contributed by atoms with Gasteiger partial charge in [-0.05, 0) is 25.8 Å². The molecular weight excluding hydrogens is 348 g/mol. The predicted molar refractivity (Wildman–Crippen MR) is 89.2 cm³/mol. The summed E-state index contributed by atoms with van der Waals surface area (Å²) in [7, 11) is 0. The topological polar surface area (TPSA) is 71.1 Å². The molecule has 0 unspecified atom stereocenters. The van der Waals surface area contributed by atoms with E-state index in [-0.39, 0.29) is 36.4 Å². The van der Waals surface area contributed by atoms with Crippen LogP contribution in [-0.4, -0.2) is 22.8 Å². The van der Waals surface area contributed by atoms with Crippen LogP contribution < -0.4 is 10.6 Å². The first-order valence-electron chi connectivity index (χ1n) is 7.90. The van der Waals surface area contributed by atoms with Gasteiger partial charge < -0.3 is 10.6 Å². The second kappa shape index (κ2) is 7.26. The van der Waals surface area contributed by atoms with Crippen LogP contribution in [0.25, 0.3) is 0 Å². The zero-order valence-corrected chi connectivity index (χ0v) is 14.4. The fourth-order valence-corrected chi connectivity index (χ4v) is 3.24. The Balaban J connectivity index is 1.56. The molecule has 1 aliphatic carbocycles. The van der Waals surface area contributed by atoms with Crippen molar-refractivity contribution in [1.82, 2.24) is 15.6 Å². The maximum Gasteiger partial charge on any atom is 0.263 e. The number of rotatable bonds is 6. The quantitative estimate of drug-likeness (QED) is 0.826. The van der Waals surface area contributed by atoms with Crippen molar-refractivity contribution in [2.45, 2.75) is 38.8 Å². The number of hydrogen-bond acceptors (Lipinski definition) is 4. The third kappa shape index (κ3) is 4.60. The molecule has 1 fully saturated rings. The van der Waals surface area contributed by atoms with Crippen molar-refractivity contribution in [3.63, 3.8) is 0 Å².